The number of hydrogen-bond acceptors (Lipinski definition) is 2. The minimum absolute atomic E-state index is 0.0472. The molecular weight excluding hydrogens is 446 g/mol. The molecule has 2 aliphatic rings. The van der Waals surface area contributed by atoms with Gasteiger partial charge < -0.3 is 14.8 Å². The Bertz CT molecular complexity index is 1210. The highest BCUT2D eigenvalue weighted by molar-refractivity contribution is 6.00. The van der Waals surface area contributed by atoms with Crippen molar-refractivity contribution in [1.82, 2.24) is 14.8 Å². The van der Waals surface area contributed by atoms with Gasteiger partial charge in [0.2, 0.25) is 5.91 Å². The summed E-state index contributed by atoms with van der Waals surface area (Å²) >= 11 is 0. The van der Waals surface area contributed by atoms with Gasteiger partial charge in [0.05, 0.1) is 6.54 Å². The maximum atomic E-state index is 14.0. The molecule has 0 radical (unpaired) electrons. The highest BCUT2D eigenvalue weighted by Gasteiger charge is 2.48. The van der Waals surface area contributed by atoms with Gasteiger partial charge in [0.15, 0.2) is 0 Å². The Morgan fingerprint density at radius 2 is 1.56 bits per heavy atom. The molecule has 1 saturated carbocycles. The molecule has 2 atom stereocenters. The van der Waals surface area contributed by atoms with E-state index in [2.05, 4.69) is 43.4 Å². The molecule has 0 saturated heterocycles. The fourth-order valence-electron chi connectivity index (χ4n) is 5.83. The maximum absolute atomic E-state index is 14.0. The Labute approximate surface area is 214 Å². The second kappa shape index (κ2) is 9.96. The molecule has 0 unspecified atom stereocenters. The first-order valence-corrected chi connectivity index (χ1v) is 13.3. The van der Waals surface area contributed by atoms with Crippen LogP contribution in [0.5, 0.6) is 0 Å². The first kappa shape index (κ1) is 24.4. The van der Waals surface area contributed by atoms with Gasteiger partial charge in [0.1, 0.15) is 11.2 Å². The summed E-state index contributed by atoms with van der Waals surface area (Å²) in [6.07, 6.45) is 4.27. The van der Waals surface area contributed by atoms with Gasteiger partial charge in [-0.2, -0.15) is 0 Å². The average Bonchev–Trinajstić information content (AvgIpc) is 3.32. The zero-order valence-electron chi connectivity index (χ0n) is 21.6. The number of amides is 2. The van der Waals surface area contributed by atoms with Crippen LogP contribution in [0.2, 0.25) is 0 Å². The van der Waals surface area contributed by atoms with E-state index in [4.69, 9.17) is 0 Å². The van der Waals surface area contributed by atoms with E-state index in [-0.39, 0.29) is 23.8 Å². The molecule has 2 aromatic carbocycles. The van der Waals surface area contributed by atoms with Gasteiger partial charge in [-0.25, -0.2) is 0 Å². The van der Waals surface area contributed by atoms with E-state index in [1.807, 2.05) is 64.9 Å². The smallest absolute Gasteiger partial charge is 0.271 e. The predicted octanol–water partition coefficient (Wildman–Crippen LogP) is 5.87. The molecular formula is C31H37N3O2. The molecule has 36 heavy (non-hydrogen) atoms. The van der Waals surface area contributed by atoms with Crippen LogP contribution in [-0.4, -0.2) is 39.4 Å². The molecule has 1 N–H and O–H groups in total. The van der Waals surface area contributed by atoms with Crippen molar-refractivity contribution in [2.45, 2.75) is 70.5 Å². The van der Waals surface area contributed by atoms with E-state index in [0.29, 0.717) is 24.7 Å². The third-order valence-electron chi connectivity index (χ3n) is 8.24. The fourth-order valence-corrected chi connectivity index (χ4v) is 5.83. The van der Waals surface area contributed by atoms with E-state index < -0.39 is 5.54 Å². The molecule has 1 aliphatic carbocycles. The van der Waals surface area contributed by atoms with Crippen molar-refractivity contribution in [2.75, 3.05) is 6.54 Å². The number of aromatic nitrogens is 1. The van der Waals surface area contributed by atoms with Gasteiger partial charge in [-0.05, 0) is 67.7 Å². The Kier molecular flexibility index (Phi) is 6.74. The van der Waals surface area contributed by atoms with Gasteiger partial charge in [-0.15, -0.1) is 0 Å². The standard InChI is InChI=1S/C31H37N3O2/c1-22-14-16-26(17-15-22)32-30(36)31(3)21-33-27(25-12-8-5-9-13-25)18-19-28(33)29(35)34(31)20-23(2)24-10-6-4-7-11-24/h4-13,18-19,22-23,26H,14-17,20-21H2,1-3H3,(H,32,36)/t22?,23-,26?,31+/m1/s1. The first-order valence-electron chi connectivity index (χ1n) is 13.3. The quantitative estimate of drug-likeness (QED) is 0.477. The van der Waals surface area contributed by atoms with Crippen molar-refractivity contribution in [3.05, 3.63) is 84.1 Å². The van der Waals surface area contributed by atoms with Crippen LogP contribution in [0.3, 0.4) is 0 Å². The third kappa shape index (κ3) is 4.59. The number of fused-ring (bicyclic) bond motifs is 1. The summed E-state index contributed by atoms with van der Waals surface area (Å²) in [7, 11) is 0. The third-order valence-corrected chi connectivity index (χ3v) is 8.24. The van der Waals surface area contributed by atoms with Crippen molar-refractivity contribution in [3.63, 3.8) is 0 Å². The van der Waals surface area contributed by atoms with Crippen molar-refractivity contribution < 1.29 is 9.59 Å². The second-order valence-electron chi connectivity index (χ2n) is 11.0. The zero-order valence-corrected chi connectivity index (χ0v) is 21.6. The van der Waals surface area contributed by atoms with Gasteiger partial charge in [0.25, 0.3) is 5.91 Å². The van der Waals surface area contributed by atoms with Crippen molar-refractivity contribution in [3.8, 4) is 11.3 Å². The average molecular weight is 484 g/mol. The van der Waals surface area contributed by atoms with Crippen LogP contribution < -0.4 is 5.32 Å². The Balaban J connectivity index is 1.49. The predicted molar refractivity (Wildman–Crippen MR) is 144 cm³/mol. The monoisotopic (exact) mass is 483 g/mol. The van der Waals surface area contributed by atoms with Crippen LogP contribution >= 0.6 is 0 Å². The number of rotatable bonds is 6. The topological polar surface area (TPSA) is 54.3 Å². The highest BCUT2D eigenvalue weighted by atomic mass is 16.2. The van der Waals surface area contributed by atoms with Gasteiger partial charge in [0, 0.05) is 18.3 Å². The van der Waals surface area contributed by atoms with Gasteiger partial charge >= 0.3 is 0 Å². The van der Waals surface area contributed by atoms with Gasteiger partial charge in [-0.1, -0.05) is 74.5 Å². The number of nitrogens with zero attached hydrogens (tertiary/aromatic N) is 2. The van der Waals surface area contributed by atoms with Crippen LogP contribution in [0.15, 0.2) is 72.8 Å². The molecule has 2 amide bonds. The molecule has 3 aromatic rings. The lowest BCUT2D eigenvalue weighted by molar-refractivity contribution is -0.134. The maximum Gasteiger partial charge on any atom is 0.271 e. The molecule has 1 aromatic heterocycles. The van der Waals surface area contributed by atoms with E-state index in [1.165, 1.54) is 5.56 Å². The van der Waals surface area contributed by atoms with Crippen molar-refractivity contribution in [2.24, 2.45) is 5.92 Å². The largest absolute Gasteiger partial charge is 0.351 e. The van der Waals surface area contributed by atoms with Gasteiger partial charge in [-0.3, -0.25) is 9.59 Å². The molecule has 5 heteroatoms. The number of benzene rings is 2. The van der Waals surface area contributed by atoms with Crippen LogP contribution in [0, 0.1) is 5.92 Å². The summed E-state index contributed by atoms with van der Waals surface area (Å²) in [6, 6.07) is 24.4. The van der Waals surface area contributed by atoms with Crippen LogP contribution in [0.4, 0.5) is 0 Å². The Morgan fingerprint density at radius 1 is 0.944 bits per heavy atom. The fraction of sp³-hybridized carbons (Fsp3) is 0.419. The normalized spacial score (nSPS) is 24.8. The first-order chi connectivity index (χ1) is 17.4. The molecule has 5 nitrogen and oxygen atoms in total. The summed E-state index contributed by atoms with van der Waals surface area (Å²) in [5.41, 5.74) is 2.84. The van der Waals surface area contributed by atoms with Crippen LogP contribution in [0.1, 0.15) is 68.4 Å². The number of nitrogens with one attached hydrogen (secondary N) is 1. The van der Waals surface area contributed by atoms with E-state index in [1.54, 1.807) is 0 Å². The molecule has 188 valence electrons. The molecule has 5 rings (SSSR count). The minimum atomic E-state index is -0.987. The summed E-state index contributed by atoms with van der Waals surface area (Å²) in [4.78, 5) is 29.8. The summed E-state index contributed by atoms with van der Waals surface area (Å²) in [6.45, 7) is 7.28. The minimum Gasteiger partial charge on any atom is -0.351 e. The molecule has 0 spiro atoms. The molecule has 1 aliphatic heterocycles. The Hall–Kier alpha value is -3.34. The lowest BCUT2D eigenvalue weighted by atomic mass is 9.86. The lowest BCUT2D eigenvalue weighted by Gasteiger charge is -2.46. The highest BCUT2D eigenvalue weighted by Crippen LogP contribution is 2.35. The van der Waals surface area contributed by atoms with Crippen LogP contribution in [-0.2, 0) is 11.3 Å². The number of carbonyl (C=O) groups is 2. The number of carbonyl (C=O) groups excluding carboxylic acids is 2. The SMILES string of the molecule is CC1CCC(NC(=O)[C@]2(C)Cn3c(ccc3-c3ccccc3)C(=O)N2C[C@@H](C)c2ccccc2)CC1. The number of hydrogen-bond donors (Lipinski definition) is 1. The van der Waals surface area contributed by atoms with E-state index >= 15 is 0 Å². The Morgan fingerprint density at radius 3 is 2.22 bits per heavy atom. The van der Waals surface area contributed by atoms with E-state index in [9.17, 15) is 9.59 Å². The molecule has 1 fully saturated rings. The zero-order chi connectivity index (χ0) is 25.3. The molecule has 0 bridgehead atoms. The van der Waals surface area contributed by atoms with Crippen molar-refractivity contribution in [1.29, 1.82) is 0 Å². The van der Waals surface area contributed by atoms with Crippen molar-refractivity contribution >= 4 is 11.8 Å². The van der Waals surface area contributed by atoms with E-state index in [0.717, 1.165) is 36.9 Å². The molecule has 2 heterocycles. The summed E-state index contributed by atoms with van der Waals surface area (Å²) < 4.78 is 2.05. The van der Waals surface area contributed by atoms with Crippen LogP contribution in [0.25, 0.3) is 11.3 Å². The summed E-state index contributed by atoms with van der Waals surface area (Å²) in [5, 5.41) is 3.35. The second-order valence-corrected chi connectivity index (χ2v) is 11.0. The lowest BCUT2D eigenvalue weighted by Crippen LogP contribution is -2.65. The summed E-state index contributed by atoms with van der Waals surface area (Å²) in [5.74, 6) is 0.687.